The second-order valence-electron chi connectivity index (χ2n) is 17.6. The third-order valence-corrected chi connectivity index (χ3v) is 11.7. The number of aliphatic hydroxyl groups excluding tert-OH is 1. The molecule has 368 valence electrons. The maximum Gasteiger partial charge on any atom is 0.407 e. The predicted octanol–water partition coefficient (Wildman–Crippen LogP) is 3.35. The molecule has 0 saturated heterocycles. The zero-order valence-corrected chi connectivity index (χ0v) is 40.8. The number of carbonyl (C=O) groups excluding carboxylic acids is 8. The van der Waals surface area contributed by atoms with Crippen molar-refractivity contribution in [1.29, 1.82) is 0 Å². The molecule has 1 aromatic carbocycles. The molecule has 0 spiro atoms. The van der Waals surface area contributed by atoms with Crippen LogP contribution >= 0.6 is 0 Å². The molecule has 1 aliphatic rings. The number of cyclic esters (lactones) is 2. The number of aliphatic hydroxyl groups is 1. The first kappa shape index (κ1) is 56.3. The summed E-state index contributed by atoms with van der Waals surface area (Å²) in [6, 6.07) is 4.30. The Kier molecular flexibility index (Phi) is 23.6. The van der Waals surface area contributed by atoms with E-state index in [1.165, 1.54) is 45.8 Å². The van der Waals surface area contributed by atoms with E-state index in [1.54, 1.807) is 64.1 Å². The second-order valence-corrected chi connectivity index (χ2v) is 17.6. The van der Waals surface area contributed by atoms with E-state index < -0.39 is 108 Å². The van der Waals surface area contributed by atoms with Crippen molar-refractivity contribution in [2.24, 2.45) is 17.8 Å². The highest BCUT2D eigenvalue weighted by molar-refractivity contribution is 5.96. The summed E-state index contributed by atoms with van der Waals surface area (Å²) < 4.78 is 17.6. The van der Waals surface area contributed by atoms with Crippen LogP contribution in [0.2, 0.25) is 0 Å². The van der Waals surface area contributed by atoms with Crippen LogP contribution in [0.15, 0.2) is 53.6 Å². The fourth-order valence-corrected chi connectivity index (χ4v) is 7.14. The van der Waals surface area contributed by atoms with E-state index in [9.17, 15) is 43.5 Å². The zero-order chi connectivity index (χ0) is 49.8. The van der Waals surface area contributed by atoms with Gasteiger partial charge in [-0.05, 0) is 70.4 Å². The van der Waals surface area contributed by atoms with Gasteiger partial charge in [0.15, 0.2) is 6.10 Å². The zero-order valence-electron chi connectivity index (χ0n) is 40.8. The first-order valence-electron chi connectivity index (χ1n) is 22.8. The number of nitrogens with one attached hydrogen (secondary N) is 4. The number of carbonyl (C=O) groups is 8. The van der Waals surface area contributed by atoms with Gasteiger partial charge < -0.3 is 50.4 Å². The van der Waals surface area contributed by atoms with E-state index in [1.807, 2.05) is 20.8 Å². The van der Waals surface area contributed by atoms with Crippen molar-refractivity contribution < 1.29 is 57.7 Å². The number of allylic oxidation sites excluding steroid dienone is 1. The molecule has 1 aliphatic heterocycles. The van der Waals surface area contributed by atoms with Gasteiger partial charge in [0.2, 0.25) is 23.6 Å². The van der Waals surface area contributed by atoms with Crippen LogP contribution in [-0.4, -0.2) is 139 Å². The summed E-state index contributed by atoms with van der Waals surface area (Å²) in [5.74, 6) is -6.25. The highest BCUT2D eigenvalue weighted by Crippen LogP contribution is 2.26. The van der Waals surface area contributed by atoms with Crippen molar-refractivity contribution in [3.63, 3.8) is 0 Å². The van der Waals surface area contributed by atoms with Gasteiger partial charge in [0.1, 0.15) is 36.4 Å². The molecule has 18 nitrogen and oxygen atoms in total. The molecule has 18 heteroatoms. The van der Waals surface area contributed by atoms with E-state index in [0.717, 1.165) is 10.5 Å². The molecular weight excluding hydrogens is 853 g/mol. The van der Waals surface area contributed by atoms with Gasteiger partial charge in [-0.1, -0.05) is 83.5 Å². The van der Waals surface area contributed by atoms with Gasteiger partial charge in [0.25, 0.3) is 5.91 Å². The van der Waals surface area contributed by atoms with Crippen LogP contribution in [0.25, 0.3) is 0 Å². The molecule has 1 heterocycles. The van der Waals surface area contributed by atoms with Gasteiger partial charge >= 0.3 is 18.0 Å². The monoisotopic (exact) mass is 927 g/mol. The molecule has 6 amide bonds. The molecule has 1 unspecified atom stereocenters. The highest BCUT2D eigenvalue weighted by atomic mass is 16.6. The third-order valence-electron chi connectivity index (χ3n) is 11.7. The number of hydrogen-bond acceptors (Lipinski definition) is 12. The average Bonchev–Trinajstić information content (AvgIpc) is 3.28. The van der Waals surface area contributed by atoms with Crippen molar-refractivity contribution in [2.75, 3.05) is 33.8 Å². The van der Waals surface area contributed by atoms with E-state index in [-0.39, 0.29) is 50.3 Å². The maximum atomic E-state index is 14.2. The minimum atomic E-state index is -1.32. The number of nitrogens with zero attached hydrogens (tertiary/aromatic N) is 2. The Morgan fingerprint density at radius 1 is 0.939 bits per heavy atom. The molecule has 66 heavy (non-hydrogen) atoms. The molecule has 2 rings (SSSR count). The van der Waals surface area contributed by atoms with Gasteiger partial charge in [-0.2, -0.15) is 0 Å². The Hall–Kier alpha value is -5.78. The largest absolute Gasteiger partial charge is 0.456 e. The molecule has 1 aromatic rings. The number of hydrogen-bond donors (Lipinski definition) is 5. The molecule has 9 atom stereocenters. The fourth-order valence-electron chi connectivity index (χ4n) is 7.14. The van der Waals surface area contributed by atoms with Gasteiger partial charge in [0.05, 0.1) is 6.54 Å². The van der Waals surface area contributed by atoms with Crippen molar-refractivity contribution in [3.8, 4) is 0 Å². The van der Waals surface area contributed by atoms with Gasteiger partial charge in [-0.15, -0.1) is 0 Å². The summed E-state index contributed by atoms with van der Waals surface area (Å²) in [4.78, 5) is 112. The fraction of sp³-hybridized carbons (Fsp3) is 0.625. The normalized spacial score (nSPS) is 26.8. The molecular formula is C48H74N6O12. The number of ether oxygens (including phenoxy) is 3. The van der Waals surface area contributed by atoms with E-state index in [4.69, 9.17) is 14.2 Å². The molecule has 0 saturated carbocycles. The van der Waals surface area contributed by atoms with Crippen molar-refractivity contribution >= 4 is 47.6 Å². The second kappa shape index (κ2) is 27.6. The lowest BCUT2D eigenvalue weighted by atomic mass is 9.90. The summed E-state index contributed by atoms with van der Waals surface area (Å²) in [6.45, 7) is 16.2. The van der Waals surface area contributed by atoms with E-state index >= 15 is 0 Å². The molecule has 0 aromatic heterocycles. The smallest absolute Gasteiger partial charge is 0.407 e. The molecule has 0 fully saturated rings. The molecule has 0 bridgehead atoms. The van der Waals surface area contributed by atoms with Crippen molar-refractivity contribution in [1.82, 2.24) is 31.1 Å². The Balaban J connectivity index is 2.72. The van der Waals surface area contributed by atoms with Crippen LogP contribution in [0, 0.1) is 17.8 Å². The van der Waals surface area contributed by atoms with Crippen LogP contribution in [0.5, 0.6) is 0 Å². The number of benzene rings is 1. The molecule has 5 N–H and O–H groups in total. The van der Waals surface area contributed by atoms with Crippen LogP contribution in [0.3, 0.4) is 0 Å². The number of rotatable bonds is 11. The van der Waals surface area contributed by atoms with Crippen molar-refractivity contribution in [3.05, 3.63) is 59.2 Å². The summed E-state index contributed by atoms with van der Waals surface area (Å²) in [7, 11) is 2.83. The number of amides is 6. The Labute approximate surface area is 390 Å². The van der Waals surface area contributed by atoms with Gasteiger partial charge in [-0.25, -0.2) is 14.4 Å². The third kappa shape index (κ3) is 17.5. The number of likely N-dealkylation sites (N-methyl/N-ethyl adjacent to an activating group) is 2. The van der Waals surface area contributed by atoms with Gasteiger partial charge in [-0.3, -0.25) is 24.0 Å². The van der Waals surface area contributed by atoms with Crippen LogP contribution in [0.4, 0.5) is 4.79 Å². The lowest BCUT2D eigenvalue weighted by Gasteiger charge is -2.33. The minimum absolute atomic E-state index is 0.0626. The van der Waals surface area contributed by atoms with E-state index in [2.05, 4.69) is 21.3 Å². The maximum absolute atomic E-state index is 14.2. The molecule has 0 radical (unpaired) electrons. The average molecular weight is 927 g/mol. The summed E-state index contributed by atoms with van der Waals surface area (Å²) >= 11 is 0. The van der Waals surface area contributed by atoms with Crippen molar-refractivity contribution in [2.45, 2.75) is 144 Å². The molecule has 0 aliphatic carbocycles. The van der Waals surface area contributed by atoms with Crippen LogP contribution in [-0.2, 0) is 54.2 Å². The lowest BCUT2D eigenvalue weighted by Crippen LogP contribution is -2.57. The predicted molar refractivity (Wildman–Crippen MR) is 247 cm³/mol. The summed E-state index contributed by atoms with van der Waals surface area (Å²) in [5, 5.41) is 19.9. The first-order valence-corrected chi connectivity index (χ1v) is 22.8. The summed E-state index contributed by atoms with van der Waals surface area (Å²) in [6.07, 6.45) is -0.120. The Bertz CT molecular complexity index is 1890. The Morgan fingerprint density at radius 2 is 1.58 bits per heavy atom. The summed E-state index contributed by atoms with van der Waals surface area (Å²) in [5.41, 5.74) is 1.39. The quantitative estimate of drug-likeness (QED) is 0.0930. The number of alkyl carbamates (subject to hydrolysis) is 1. The van der Waals surface area contributed by atoms with Gasteiger partial charge in [0, 0.05) is 51.6 Å². The first-order chi connectivity index (χ1) is 31.1. The topological polar surface area (TPSA) is 239 Å². The Morgan fingerprint density at radius 3 is 2.17 bits per heavy atom. The SMILES string of the molecule is C/C=C(\C)[C@H]1OC(=O)[C@@H](C)NC(=O)[C@H](C(C)CC)NC(=O)CN(C)C(=O)[C@@H](Cc2ccccc2)N(C)C(=O)[C@H](C)NC(=O)[C@@H](CC(C)C)OC(=O)/C(C)=C/C[C@H](OC(=O)NCCCO)[C@@H]1C. The van der Waals surface area contributed by atoms with Crippen LogP contribution in [0.1, 0.15) is 100 Å². The minimum Gasteiger partial charge on any atom is -0.456 e. The number of esters is 2. The van der Waals surface area contributed by atoms with E-state index in [0.29, 0.717) is 12.0 Å². The lowest BCUT2D eigenvalue weighted by molar-refractivity contribution is -0.155. The standard InChI is InChI=1S/C48H74N6O12/c1-13-29(5)40-43(58)51-34(10)47(62)66-41(30(6)14-2)32(8)37(65-48(63)49-23-18-24-55)22-21-31(7)46(61)64-38(25-28(3)4)42(57)50-33(9)44(59)54(12)36(26-35-19-16-15-17-20-35)45(60)53(11)27-39(56)52-40/h14-17,19-21,28-29,32-34,36-38,40-41,55H,13,18,22-27H2,1-12H3,(H,49,63)(H,50,57)(H,51,58)(H,52,56)/b30-14+,31-21+/t29?,32-,33-,34+,36+,37-,38+,40-,41+/m0/s1. The highest BCUT2D eigenvalue weighted by Gasteiger charge is 2.37. The van der Waals surface area contributed by atoms with Crippen LogP contribution < -0.4 is 21.3 Å².